The monoisotopic (exact) mass is 313 g/mol. The fourth-order valence-corrected chi connectivity index (χ4v) is 2.93. The Bertz CT molecular complexity index is 556. The van der Waals surface area contributed by atoms with Crippen molar-refractivity contribution < 1.29 is 19.1 Å². The third-order valence-electron chi connectivity index (χ3n) is 3.86. The van der Waals surface area contributed by atoms with Crippen LogP contribution in [0.4, 0.5) is 4.39 Å². The molecule has 2 N–H and O–H groups in total. The Morgan fingerprint density at radius 2 is 1.95 bits per heavy atom. The van der Waals surface area contributed by atoms with Crippen LogP contribution in [0.15, 0.2) is 18.2 Å². The summed E-state index contributed by atoms with van der Waals surface area (Å²) in [6, 6.07) is 3.81. The van der Waals surface area contributed by atoms with Crippen molar-refractivity contribution in [2.24, 2.45) is 0 Å². The third-order valence-corrected chi connectivity index (χ3v) is 4.17. The quantitative estimate of drug-likeness (QED) is 0.895. The van der Waals surface area contributed by atoms with Crippen LogP contribution in [0, 0.1) is 5.82 Å². The predicted molar refractivity (Wildman–Crippen MR) is 76.9 cm³/mol. The molecular weight excluding hydrogens is 297 g/mol. The fourth-order valence-electron chi connectivity index (χ4n) is 2.81. The summed E-state index contributed by atoms with van der Waals surface area (Å²) < 4.78 is 13.4. The molecule has 114 valence electrons. The summed E-state index contributed by atoms with van der Waals surface area (Å²) in [5.74, 6) is -2.08. The van der Waals surface area contributed by atoms with Gasteiger partial charge in [0.1, 0.15) is 5.82 Å². The van der Waals surface area contributed by atoms with Gasteiger partial charge in [-0.25, -0.2) is 4.39 Å². The van der Waals surface area contributed by atoms with E-state index in [1.54, 1.807) is 0 Å². The Morgan fingerprint density at radius 3 is 2.52 bits per heavy atom. The molecule has 1 aromatic carbocycles. The Morgan fingerprint density at radius 1 is 1.29 bits per heavy atom. The first-order valence-electron chi connectivity index (χ1n) is 6.91. The molecule has 6 heteroatoms. The molecule has 2 rings (SSSR count). The van der Waals surface area contributed by atoms with Gasteiger partial charge in [-0.15, -0.1) is 0 Å². The average molecular weight is 314 g/mol. The predicted octanol–water partition coefficient (Wildman–Crippen LogP) is 3.39. The maximum atomic E-state index is 13.4. The van der Waals surface area contributed by atoms with E-state index in [2.05, 4.69) is 5.32 Å². The molecule has 1 amide bonds. The minimum absolute atomic E-state index is 0.0514. The lowest BCUT2D eigenvalue weighted by molar-refractivity contribution is -0.139. The van der Waals surface area contributed by atoms with E-state index in [-0.39, 0.29) is 17.0 Å². The Labute approximate surface area is 127 Å². The second kappa shape index (κ2) is 6.43. The lowest BCUT2D eigenvalue weighted by atomic mass is 9.79. The van der Waals surface area contributed by atoms with Crippen LogP contribution in [-0.4, -0.2) is 22.5 Å². The maximum Gasteiger partial charge on any atom is 0.305 e. The van der Waals surface area contributed by atoms with E-state index in [4.69, 9.17) is 16.7 Å². The summed E-state index contributed by atoms with van der Waals surface area (Å²) >= 11 is 5.59. The topological polar surface area (TPSA) is 66.4 Å². The van der Waals surface area contributed by atoms with Crippen LogP contribution in [0.2, 0.25) is 5.02 Å². The molecular formula is C15H17ClFNO3. The van der Waals surface area contributed by atoms with Crippen LogP contribution in [0.3, 0.4) is 0 Å². The van der Waals surface area contributed by atoms with Gasteiger partial charge < -0.3 is 10.4 Å². The van der Waals surface area contributed by atoms with E-state index in [1.807, 2.05) is 0 Å². The van der Waals surface area contributed by atoms with E-state index in [1.165, 1.54) is 12.1 Å². The van der Waals surface area contributed by atoms with Crippen LogP contribution in [0.25, 0.3) is 0 Å². The zero-order valence-electron chi connectivity index (χ0n) is 11.5. The minimum Gasteiger partial charge on any atom is -0.481 e. The number of carbonyl (C=O) groups excluding carboxylic acids is 1. The van der Waals surface area contributed by atoms with E-state index < -0.39 is 23.2 Å². The van der Waals surface area contributed by atoms with E-state index >= 15 is 0 Å². The number of halogens is 2. The zero-order chi connectivity index (χ0) is 15.5. The van der Waals surface area contributed by atoms with Crippen molar-refractivity contribution in [2.45, 2.75) is 44.1 Å². The summed E-state index contributed by atoms with van der Waals surface area (Å²) in [4.78, 5) is 23.3. The Hall–Kier alpha value is -1.62. The van der Waals surface area contributed by atoms with Crippen LogP contribution in [0.5, 0.6) is 0 Å². The van der Waals surface area contributed by atoms with E-state index in [9.17, 15) is 14.0 Å². The number of rotatable bonds is 4. The highest BCUT2D eigenvalue weighted by Crippen LogP contribution is 2.31. The van der Waals surface area contributed by atoms with Crippen LogP contribution in [-0.2, 0) is 4.79 Å². The molecule has 4 nitrogen and oxygen atoms in total. The Kier molecular flexibility index (Phi) is 4.83. The molecule has 1 aromatic rings. The molecule has 1 aliphatic rings. The molecule has 1 aliphatic carbocycles. The van der Waals surface area contributed by atoms with Crippen molar-refractivity contribution in [1.82, 2.24) is 5.32 Å². The summed E-state index contributed by atoms with van der Waals surface area (Å²) in [5, 5.41) is 11.8. The van der Waals surface area contributed by atoms with Gasteiger partial charge in [-0.3, -0.25) is 9.59 Å². The number of carboxylic acids is 1. The van der Waals surface area contributed by atoms with Crippen LogP contribution >= 0.6 is 11.6 Å². The molecule has 1 saturated carbocycles. The molecule has 0 atom stereocenters. The van der Waals surface area contributed by atoms with Gasteiger partial charge in [0.25, 0.3) is 5.91 Å². The highest BCUT2D eigenvalue weighted by molar-refractivity contribution is 6.30. The van der Waals surface area contributed by atoms with Crippen LogP contribution in [0.1, 0.15) is 48.9 Å². The SMILES string of the molecule is O=C(O)CC1(NC(=O)c2ccc(Cl)c(F)c2)CCCCC1. The van der Waals surface area contributed by atoms with Gasteiger partial charge in [-0.1, -0.05) is 30.9 Å². The van der Waals surface area contributed by atoms with E-state index in [0.29, 0.717) is 12.8 Å². The first-order valence-corrected chi connectivity index (χ1v) is 7.29. The molecule has 0 aromatic heterocycles. The van der Waals surface area contributed by atoms with Gasteiger partial charge in [-0.05, 0) is 31.0 Å². The van der Waals surface area contributed by atoms with Crippen molar-refractivity contribution in [3.63, 3.8) is 0 Å². The third kappa shape index (κ3) is 3.94. The standard InChI is InChI=1S/C15H17ClFNO3/c16-11-5-4-10(8-12(11)17)14(21)18-15(9-13(19)20)6-2-1-3-7-15/h4-5,8H,1-3,6-7,9H2,(H,18,21)(H,19,20). The second-order valence-electron chi connectivity index (χ2n) is 5.49. The van der Waals surface area contributed by atoms with Gasteiger partial charge in [0, 0.05) is 5.56 Å². The number of hydrogen-bond acceptors (Lipinski definition) is 2. The van der Waals surface area contributed by atoms with Crippen molar-refractivity contribution in [3.05, 3.63) is 34.6 Å². The normalized spacial score (nSPS) is 17.2. The number of benzene rings is 1. The number of nitrogens with one attached hydrogen (secondary N) is 1. The Balaban J connectivity index is 2.17. The van der Waals surface area contributed by atoms with Crippen molar-refractivity contribution in [1.29, 1.82) is 0 Å². The lowest BCUT2D eigenvalue weighted by Crippen LogP contribution is -2.51. The van der Waals surface area contributed by atoms with Crippen LogP contribution < -0.4 is 5.32 Å². The number of aliphatic carboxylic acids is 1. The zero-order valence-corrected chi connectivity index (χ0v) is 12.3. The molecule has 0 spiro atoms. The highest BCUT2D eigenvalue weighted by Gasteiger charge is 2.36. The summed E-state index contributed by atoms with van der Waals surface area (Å²) in [7, 11) is 0. The highest BCUT2D eigenvalue weighted by atomic mass is 35.5. The first-order chi connectivity index (χ1) is 9.92. The van der Waals surface area contributed by atoms with Gasteiger partial charge in [0.05, 0.1) is 17.0 Å². The molecule has 0 radical (unpaired) electrons. The molecule has 0 aliphatic heterocycles. The van der Waals surface area contributed by atoms with Crippen molar-refractivity contribution >= 4 is 23.5 Å². The molecule has 1 fully saturated rings. The summed E-state index contributed by atoms with van der Waals surface area (Å²) in [5.41, 5.74) is -0.593. The van der Waals surface area contributed by atoms with Gasteiger partial charge in [0.15, 0.2) is 0 Å². The first kappa shape index (κ1) is 15.8. The molecule has 0 bridgehead atoms. The number of carbonyl (C=O) groups is 2. The molecule has 21 heavy (non-hydrogen) atoms. The smallest absolute Gasteiger partial charge is 0.305 e. The van der Waals surface area contributed by atoms with Crippen molar-refractivity contribution in [2.75, 3.05) is 0 Å². The summed E-state index contributed by atoms with van der Waals surface area (Å²) in [6.07, 6.45) is 3.93. The van der Waals surface area contributed by atoms with Gasteiger partial charge >= 0.3 is 5.97 Å². The molecule has 0 heterocycles. The second-order valence-corrected chi connectivity index (χ2v) is 5.90. The number of carboxylic acid groups (broad SMARTS) is 1. The summed E-state index contributed by atoms with van der Waals surface area (Å²) in [6.45, 7) is 0. The van der Waals surface area contributed by atoms with Gasteiger partial charge in [-0.2, -0.15) is 0 Å². The number of hydrogen-bond donors (Lipinski definition) is 2. The number of amides is 1. The lowest BCUT2D eigenvalue weighted by Gasteiger charge is -2.37. The largest absolute Gasteiger partial charge is 0.481 e. The van der Waals surface area contributed by atoms with Crippen molar-refractivity contribution in [3.8, 4) is 0 Å². The molecule has 0 saturated heterocycles. The minimum atomic E-state index is -0.945. The fraction of sp³-hybridized carbons (Fsp3) is 0.467. The van der Waals surface area contributed by atoms with E-state index in [0.717, 1.165) is 25.3 Å². The maximum absolute atomic E-state index is 13.4. The molecule has 0 unspecified atom stereocenters. The van der Waals surface area contributed by atoms with Gasteiger partial charge in [0.2, 0.25) is 0 Å². The average Bonchev–Trinajstić information content (AvgIpc) is 2.41.